The average molecular weight is 253 g/mol. The number of hydrogen-bond donors (Lipinski definition) is 1. The van der Waals surface area contributed by atoms with E-state index in [9.17, 15) is 4.79 Å². The van der Waals surface area contributed by atoms with Crippen LogP contribution < -0.4 is 5.73 Å². The van der Waals surface area contributed by atoms with Gasteiger partial charge in [0.25, 0.3) is 0 Å². The van der Waals surface area contributed by atoms with Crippen molar-refractivity contribution in [2.24, 2.45) is 17.6 Å². The zero-order chi connectivity index (χ0) is 13.1. The molecule has 1 saturated heterocycles. The summed E-state index contributed by atoms with van der Waals surface area (Å²) in [5, 5.41) is 0. The van der Waals surface area contributed by atoms with E-state index < -0.39 is 0 Å². The molecule has 1 amide bonds. The van der Waals surface area contributed by atoms with Gasteiger partial charge in [-0.2, -0.15) is 0 Å². The SMILES string of the molecule is CCN1CCN(C(=O)C2CC(C)CCC2N)CC1. The lowest BCUT2D eigenvalue weighted by molar-refractivity contribution is -0.139. The van der Waals surface area contributed by atoms with E-state index in [1.165, 1.54) is 6.42 Å². The van der Waals surface area contributed by atoms with Gasteiger partial charge in [-0.15, -0.1) is 0 Å². The molecule has 0 aromatic heterocycles. The second kappa shape index (κ2) is 6.02. The summed E-state index contributed by atoms with van der Waals surface area (Å²) < 4.78 is 0. The van der Waals surface area contributed by atoms with Crippen molar-refractivity contribution in [2.75, 3.05) is 32.7 Å². The lowest BCUT2D eigenvalue weighted by Gasteiger charge is -2.39. The molecule has 0 bridgehead atoms. The maximum Gasteiger partial charge on any atom is 0.227 e. The molecule has 1 aliphatic carbocycles. The van der Waals surface area contributed by atoms with Crippen LogP contribution in [0.1, 0.15) is 33.1 Å². The fourth-order valence-electron chi connectivity index (χ4n) is 3.21. The lowest BCUT2D eigenvalue weighted by Crippen LogP contribution is -2.53. The van der Waals surface area contributed by atoms with Crippen molar-refractivity contribution in [1.82, 2.24) is 9.80 Å². The fourth-order valence-corrected chi connectivity index (χ4v) is 3.21. The summed E-state index contributed by atoms with van der Waals surface area (Å²) in [4.78, 5) is 17.0. The zero-order valence-corrected chi connectivity index (χ0v) is 11.8. The first-order valence-electron chi connectivity index (χ1n) is 7.38. The summed E-state index contributed by atoms with van der Waals surface area (Å²) in [6.45, 7) is 9.29. The first-order chi connectivity index (χ1) is 8.61. The van der Waals surface area contributed by atoms with E-state index in [1.54, 1.807) is 0 Å². The number of nitrogens with two attached hydrogens (primary N) is 1. The Hall–Kier alpha value is -0.610. The molecule has 1 heterocycles. The van der Waals surface area contributed by atoms with Crippen molar-refractivity contribution in [2.45, 2.75) is 39.2 Å². The molecular formula is C14H27N3O. The standard InChI is InChI=1S/C14H27N3O/c1-3-16-6-8-17(9-7-16)14(18)12-10-11(2)4-5-13(12)15/h11-13H,3-10,15H2,1-2H3. The van der Waals surface area contributed by atoms with Crippen LogP contribution in [-0.4, -0.2) is 54.5 Å². The van der Waals surface area contributed by atoms with Gasteiger partial charge in [-0.1, -0.05) is 13.8 Å². The van der Waals surface area contributed by atoms with Crippen LogP contribution in [-0.2, 0) is 4.79 Å². The number of nitrogens with zero attached hydrogens (tertiary/aromatic N) is 2. The smallest absolute Gasteiger partial charge is 0.227 e. The molecule has 0 aromatic carbocycles. The van der Waals surface area contributed by atoms with E-state index in [0.29, 0.717) is 11.8 Å². The van der Waals surface area contributed by atoms with E-state index >= 15 is 0 Å². The molecule has 18 heavy (non-hydrogen) atoms. The van der Waals surface area contributed by atoms with Crippen molar-refractivity contribution in [3.05, 3.63) is 0 Å². The summed E-state index contributed by atoms with van der Waals surface area (Å²) >= 11 is 0. The van der Waals surface area contributed by atoms with Crippen LogP contribution in [0.4, 0.5) is 0 Å². The number of carbonyl (C=O) groups is 1. The maximum atomic E-state index is 12.5. The highest BCUT2D eigenvalue weighted by molar-refractivity contribution is 5.79. The first-order valence-corrected chi connectivity index (χ1v) is 7.38. The van der Waals surface area contributed by atoms with Crippen molar-refractivity contribution in [1.29, 1.82) is 0 Å². The Kier molecular flexibility index (Phi) is 4.62. The Bertz CT molecular complexity index is 287. The number of piperazine rings is 1. The third-order valence-electron chi connectivity index (χ3n) is 4.61. The monoisotopic (exact) mass is 253 g/mol. The van der Waals surface area contributed by atoms with Gasteiger partial charge < -0.3 is 15.5 Å². The van der Waals surface area contributed by atoms with Crippen LogP contribution in [0.25, 0.3) is 0 Å². The summed E-state index contributed by atoms with van der Waals surface area (Å²) in [5.41, 5.74) is 6.14. The highest BCUT2D eigenvalue weighted by Gasteiger charge is 2.34. The highest BCUT2D eigenvalue weighted by Crippen LogP contribution is 2.29. The molecule has 4 nitrogen and oxygen atoms in total. The van der Waals surface area contributed by atoms with Crippen molar-refractivity contribution >= 4 is 5.91 Å². The second-order valence-corrected chi connectivity index (χ2v) is 5.95. The molecule has 3 unspecified atom stereocenters. The molecule has 104 valence electrons. The molecule has 3 atom stereocenters. The van der Waals surface area contributed by atoms with Gasteiger partial charge in [-0.25, -0.2) is 0 Å². The Balaban J connectivity index is 1.90. The largest absolute Gasteiger partial charge is 0.340 e. The second-order valence-electron chi connectivity index (χ2n) is 5.95. The van der Waals surface area contributed by atoms with E-state index in [2.05, 4.69) is 18.7 Å². The number of amides is 1. The van der Waals surface area contributed by atoms with Gasteiger partial charge in [-0.3, -0.25) is 4.79 Å². The summed E-state index contributed by atoms with van der Waals surface area (Å²) in [6.07, 6.45) is 3.16. The van der Waals surface area contributed by atoms with E-state index in [4.69, 9.17) is 5.73 Å². The number of rotatable bonds is 2. The molecular weight excluding hydrogens is 226 g/mol. The van der Waals surface area contributed by atoms with Gasteiger partial charge >= 0.3 is 0 Å². The van der Waals surface area contributed by atoms with Gasteiger partial charge in [0.05, 0.1) is 5.92 Å². The topological polar surface area (TPSA) is 49.6 Å². The van der Waals surface area contributed by atoms with Crippen LogP contribution in [0.3, 0.4) is 0 Å². The highest BCUT2D eigenvalue weighted by atomic mass is 16.2. The molecule has 2 fully saturated rings. The number of carbonyl (C=O) groups excluding carboxylic acids is 1. The van der Waals surface area contributed by atoms with E-state index in [1.807, 2.05) is 4.90 Å². The molecule has 0 radical (unpaired) electrons. The number of hydrogen-bond acceptors (Lipinski definition) is 3. The first kappa shape index (κ1) is 13.8. The maximum absolute atomic E-state index is 12.5. The van der Waals surface area contributed by atoms with Crippen LogP contribution in [0, 0.1) is 11.8 Å². The third-order valence-corrected chi connectivity index (χ3v) is 4.61. The Morgan fingerprint density at radius 2 is 1.89 bits per heavy atom. The summed E-state index contributed by atoms with van der Waals surface area (Å²) in [5.74, 6) is 1.03. The molecule has 4 heteroatoms. The van der Waals surface area contributed by atoms with Crippen LogP contribution in [0.5, 0.6) is 0 Å². The zero-order valence-electron chi connectivity index (χ0n) is 11.8. The molecule has 2 rings (SSSR count). The van der Waals surface area contributed by atoms with Crippen LogP contribution >= 0.6 is 0 Å². The molecule has 2 N–H and O–H groups in total. The van der Waals surface area contributed by atoms with E-state index in [-0.39, 0.29) is 12.0 Å². The Labute approximate surface area is 110 Å². The van der Waals surface area contributed by atoms with Crippen molar-refractivity contribution in [3.8, 4) is 0 Å². The predicted octanol–water partition coefficient (Wildman–Crippen LogP) is 0.914. The minimum Gasteiger partial charge on any atom is -0.340 e. The molecule has 0 spiro atoms. The average Bonchev–Trinajstić information content (AvgIpc) is 2.41. The molecule has 0 aromatic rings. The van der Waals surface area contributed by atoms with Crippen molar-refractivity contribution in [3.63, 3.8) is 0 Å². The lowest BCUT2D eigenvalue weighted by atomic mass is 9.78. The van der Waals surface area contributed by atoms with Gasteiger partial charge in [0.15, 0.2) is 0 Å². The van der Waals surface area contributed by atoms with Gasteiger partial charge in [-0.05, 0) is 31.7 Å². The van der Waals surface area contributed by atoms with Crippen LogP contribution in [0.2, 0.25) is 0 Å². The Morgan fingerprint density at radius 1 is 1.22 bits per heavy atom. The summed E-state index contributed by atoms with van der Waals surface area (Å²) in [7, 11) is 0. The third kappa shape index (κ3) is 3.04. The van der Waals surface area contributed by atoms with E-state index in [0.717, 1.165) is 45.6 Å². The molecule has 1 saturated carbocycles. The molecule has 1 aliphatic heterocycles. The van der Waals surface area contributed by atoms with Gasteiger partial charge in [0.1, 0.15) is 0 Å². The number of likely N-dealkylation sites (N-methyl/N-ethyl adjacent to an activating group) is 1. The fraction of sp³-hybridized carbons (Fsp3) is 0.929. The Morgan fingerprint density at radius 3 is 2.50 bits per heavy atom. The minimum atomic E-state index is 0.0712. The normalized spacial score (nSPS) is 34.6. The van der Waals surface area contributed by atoms with Crippen LogP contribution in [0.15, 0.2) is 0 Å². The molecule has 2 aliphatic rings. The summed E-state index contributed by atoms with van der Waals surface area (Å²) in [6, 6.07) is 0.0814. The quantitative estimate of drug-likeness (QED) is 0.796. The van der Waals surface area contributed by atoms with Gasteiger partial charge in [0, 0.05) is 32.2 Å². The minimum absolute atomic E-state index is 0.0712. The van der Waals surface area contributed by atoms with Gasteiger partial charge in [0.2, 0.25) is 5.91 Å². The predicted molar refractivity (Wildman–Crippen MR) is 73.2 cm³/mol. The van der Waals surface area contributed by atoms with Crippen molar-refractivity contribution < 1.29 is 4.79 Å².